The van der Waals surface area contributed by atoms with E-state index in [1.165, 1.54) is 12.1 Å². The molecule has 1 aliphatic heterocycles. The molecule has 286 valence electrons. The van der Waals surface area contributed by atoms with E-state index in [4.69, 9.17) is 9.47 Å². The fourth-order valence-corrected chi connectivity index (χ4v) is 8.56. The molecule has 0 radical (unpaired) electrons. The molecule has 12 heteroatoms. The van der Waals surface area contributed by atoms with Gasteiger partial charge in [0.1, 0.15) is 6.04 Å². The second-order valence-electron chi connectivity index (χ2n) is 13.6. The zero-order chi connectivity index (χ0) is 39.0. The van der Waals surface area contributed by atoms with Gasteiger partial charge < -0.3 is 25.0 Å². The molecule has 0 saturated carbocycles. The molecule has 1 amide bonds. The lowest BCUT2D eigenvalue weighted by Gasteiger charge is -2.41. The lowest BCUT2D eigenvalue weighted by atomic mass is 9.91. The third-order valence-corrected chi connectivity index (χ3v) is 12.2. The zero-order valence-electron chi connectivity index (χ0n) is 30.5. The minimum absolute atomic E-state index is 0.0382. The van der Waals surface area contributed by atoms with E-state index in [0.29, 0.717) is 5.75 Å². The van der Waals surface area contributed by atoms with Crippen molar-refractivity contribution in [1.29, 1.82) is 0 Å². The number of ether oxygens (including phenoxy) is 2. The molecule has 1 aliphatic rings. The van der Waals surface area contributed by atoms with Gasteiger partial charge in [-0.2, -0.15) is 4.72 Å². The zero-order valence-corrected chi connectivity index (χ0v) is 32.1. The Hall–Kier alpha value is -4.82. The number of aliphatic hydroxyl groups is 1. The summed E-state index contributed by atoms with van der Waals surface area (Å²) >= 11 is 1.58. The van der Waals surface area contributed by atoms with Gasteiger partial charge in [0, 0.05) is 28.7 Å². The summed E-state index contributed by atoms with van der Waals surface area (Å²) in [5.41, 5.74) is 5.31. The van der Waals surface area contributed by atoms with Crippen LogP contribution in [0.15, 0.2) is 137 Å². The number of benzene rings is 5. The molecule has 1 heterocycles. The van der Waals surface area contributed by atoms with Gasteiger partial charge in [0.15, 0.2) is 6.29 Å². The molecule has 10 nitrogen and oxygen atoms in total. The number of carboxylic acids is 1. The van der Waals surface area contributed by atoms with Crippen molar-refractivity contribution in [3.8, 4) is 0 Å². The molecular weight excluding hydrogens is 737 g/mol. The summed E-state index contributed by atoms with van der Waals surface area (Å²) in [7, 11) is -3.98. The first-order valence-corrected chi connectivity index (χ1v) is 20.4. The average Bonchev–Trinajstić information content (AvgIpc) is 3.20. The largest absolute Gasteiger partial charge is 0.478 e. The number of sulfonamides is 1. The van der Waals surface area contributed by atoms with E-state index in [1.54, 1.807) is 48.2 Å². The maximum atomic E-state index is 13.6. The van der Waals surface area contributed by atoms with Crippen molar-refractivity contribution in [3.05, 3.63) is 166 Å². The monoisotopic (exact) mass is 780 g/mol. The first kappa shape index (κ1) is 39.9. The second kappa shape index (κ2) is 18.2. The lowest BCUT2D eigenvalue weighted by molar-refractivity contribution is -0.268. The highest BCUT2D eigenvalue weighted by Gasteiger charge is 2.38. The van der Waals surface area contributed by atoms with E-state index >= 15 is 0 Å². The summed E-state index contributed by atoms with van der Waals surface area (Å²) in [5.74, 6) is -0.869. The number of carboxylic acid groups (broad SMARTS) is 1. The Bertz CT molecular complexity index is 2150. The van der Waals surface area contributed by atoms with Gasteiger partial charge in [0.2, 0.25) is 15.9 Å². The normalized spacial score (nSPS) is 19.0. The highest BCUT2D eigenvalue weighted by molar-refractivity contribution is 7.99. The van der Waals surface area contributed by atoms with Crippen LogP contribution in [0.2, 0.25) is 0 Å². The van der Waals surface area contributed by atoms with Crippen LogP contribution in [-0.4, -0.2) is 48.4 Å². The molecule has 0 bridgehead atoms. The number of carbonyl (C=O) groups excluding carboxylic acids is 1. The number of thioether (sulfide) groups is 1. The third kappa shape index (κ3) is 10.5. The minimum atomic E-state index is -3.98. The smallest absolute Gasteiger partial charge is 0.335 e. The standard InChI is InChI=1S/C43H44N2O8S2/c1-28-8-22-37(23-9-28)55(50,51)45-38(24-30-6-4-3-5-7-30)41(47)44-25-31-10-16-35(17-11-31)43-52-39(27-54-36-20-18-34(19-21-36)42(48)49)29(2)40(53-43)33-14-12-32(26-46)13-15-33/h3-23,29,38-40,43,45-46H,24-27H2,1-2H3,(H,44,47)(H,48,49)/t29-,38-,39+,40+,43+/m1/s1. The van der Waals surface area contributed by atoms with E-state index in [9.17, 15) is 28.2 Å². The van der Waals surface area contributed by atoms with Crippen molar-refractivity contribution in [2.45, 2.75) is 67.8 Å². The quantitative estimate of drug-likeness (QED) is 0.0826. The van der Waals surface area contributed by atoms with Crippen LogP contribution in [0.3, 0.4) is 0 Å². The number of aryl methyl sites for hydroxylation is 1. The minimum Gasteiger partial charge on any atom is -0.478 e. The van der Waals surface area contributed by atoms with Crippen molar-refractivity contribution in [2.24, 2.45) is 5.92 Å². The summed E-state index contributed by atoms with van der Waals surface area (Å²) in [4.78, 5) is 25.9. The molecule has 55 heavy (non-hydrogen) atoms. The molecule has 1 saturated heterocycles. The van der Waals surface area contributed by atoms with Crippen LogP contribution in [0, 0.1) is 12.8 Å². The summed E-state index contributed by atoms with van der Waals surface area (Å²) in [5, 5.41) is 21.8. The van der Waals surface area contributed by atoms with Crippen LogP contribution >= 0.6 is 11.8 Å². The Kier molecular flexibility index (Phi) is 13.2. The molecule has 1 fully saturated rings. The second-order valence-corrected chi connectivity index (χ2v) is 16.4. The molecule has 0 aliphatic carbocycles. The van der Waals surface area contributed by atoms with Crippen LogP contribution in [0.25, 0.3) is 0 Å². The maximum absolute atomic E-state index is 13.6. The number of hydrogen-bond donors (Lipinski definition) is 4. The Labute approximate surface area is 326 Å². The highest BCUT2D eigenvalue weighted by atomic mass is 32.2. The van der Waals surface area contributed by atoms with Crippen LogP contribution in [0.4, 0.5) is 0 Å². The van der Waals surface area contributed by atoms with Crippen molar-refractivity contribution in [1.82, 2.24) is 10.0 Å². The summed E-state index contributed by atoms with van der Waals surface area (Å²) in [6.07, 6.45) is -1.07. The molecule has 0 aromatic heterocycles. The molecule has 5 aromatic carbocycles. The Morgan fingerprint density at radius 3 is 2.05 bits per heavy atom. The summed E-state index contributed by atoms with van der Waals surface area (Å²) in [6.45, 7) is 4.06. The number of rotatable bonds is 15. The predicted molar refractivity (Wildman–Crippen MR) is 211 cm³/mol. The number of aliphatic hydroxyl groups excluding tert-OH is 1. The molecule has 4 N–H and O–H groups in total. The van der Waals surface area contributed by atoms with Gasteiger partial charge in [-0.25, -0.2) is 13.2 Å². The van der Waals surface area contributed by atoms with Gasteiger partial charge in [-0.05, 0) is 72.0 Å². The maximum Gasteiger partial charge on any atom is 0.335 e. The van der Waals surface area contributed by atoms with Crippen molar-refractivity contribution < 1.29 is 37.7 Å². The Balaban J connectivity index is 1.15. The molecule has 0 unspecified atom stereocenters. The lowest BCUT2D eigenvalue weighted by Crippen LogP contribution is -2.47. The number of nitrogens with one attached hydrogen (secondary N) is 2. The van der Waals surface area contributed by atoms with Gasteiger partial charge in [-0.1, -0.05) is 103 Å². The van der Waals surface area contributed by atoms with Gasteiger partial charge >= 0.3 is 5.97 Å². The van der Waals surface area contributed by atoms with Crippen LogP contribution < -0.4 is 10.0 Å². The van der Waals surface area contributed by atoms with E-state index in [0.717, 1.165) is 38.3 Å². The molecule has 0 spiro atoms. The van der Waals surface area contributed by atoms with Gasteiger partial charge in [0.25, 0.3) is 0 Å². The predicted octanol–water partition coefficient (Wildman–Crippen LogP) is 6.98. The number of aromatic carboxylic acids is 1. The molecular formula is C43H44N2O8S2. The van der Waals surface area contributed by atoms with Crippen LogP contribution in [0.1, 0.15) is 63.1 Å². The Morgan fingerprint density at radius 2 is 1.42 bits per heavy atom. The number of amides is 1. The SMILES string of the molecule is Cc1ccc(S(=O)(=O)N[C@H](Cc2ccccc2)C(=O)NCc2ccc([C@H]3O[C@@H](CSc4ccc(C(=O)O)cc4)[C@@H](C)[C@@H](c4ccc(CO)cc4)O3)cc2)cc1. The van der Waals surface area contributed by atoms with E-state index in [1.807, 2.05) is 85.8 Å². The first-order valence-electron chi connectivity index (χ1n) is 18.0. The van der Waals surface area contributed by atoms with Crippen molar-refractivity contribution >= 4 is 33.7 Å². The van der Waals surface area contributed by atoms with Crippen molar-refractivity contribution in [2.75, 3.05) is 5.75 Å². The van der Waals surface area contributed by atoms with Gasteiger partial charge in [-0.3, -0.25) is 4.79 Å². The molecule has 5 aromatic rings. The van der Waals surface area contributed by atoms with E-state index in [2.05, 4.69) is 17.0 Å². The third-order valence-electron chi connectivity index (χ3n) is 9.59. The summed E-state index contributed by atoms with van der Waals surface area (Å²) < 4.78 is 42.4. The number of carbonyl (C=O) groups is 2. The molecule has 6 rings (SSSR count). The van der Waals surface area contributed by atoms with E-state index in [-0.39, 0.29) is 48.2 Å². The van der Waals surface area contributed by atoms with Crippen molar-refractivity contribution in [3.63, 3.8) is 0 Å². The Morgan fingerprint density at radius 1 is 0.782 bits per heavy atom. The number of hydrogen-bond acceptors (Lipinski definition) is 8. The topological polar surface area (TPSA) is 151 Å². The first-order chi connectivity index (χ1) is 26.5. The molecule has 5 atom stereocenters. The fourth-order valence-electron chi connectivity index (χ4n) is 6.30. The van der Waals surface area contributed by atoms with Gasteiger partial charge in [-0.15, -0.1) is 11.8 Å². The van der Waals surface area contributed by atoms with Crippen LogP contribution in [0.5, 0.6) is 0 Å². The van der Waals surface area contributed by atoms with Gasteiger partial charge in [0.05, 0.1) is 29.3 Å². The fraction of sp³-hybridized carbons (Fsp3) is 0.256. The summed E-state index contributed by atoms with van der Waals surface area (Å²) in [6, 6.07) is 36.7. The highest BCUT2D eigenvalue weighted by Crippen LogP contribution is 2.43. The average molecular weight is 781 g/mol. The van der Waals surface area contributed by atoms with E-state index < -0.39 is 34.2 Å². The van der Waals surface area contributed by atoms with Crippen LogP contribution in [-0.2, 0) is 43.9 Å².